The fourth-order valence-corrected chi connectivity index (χ4v) is 1.97. The number of amides is 1. The first-order valence-corrected chi connectivity index (χ1v) is 6.55. The van der Waals surface area contributed by atoms with Gasteiger partial charge in [0, 0.05) is 31.5 Å². The van der Waals surface area contributed by atoms with Gasteiger partial charge in [-0.2, -0.15) is 4.37 Å². The van der Waals surface area contributed by atoms with E-state index in [-0.39, 0.29) is 5.91 Å². The van der Waals surface area contributed by atoms with Crippen LogP contribution in [0.2, 0.25) is 0 Å². The summed E-state index contributed by atoms with van der Waals surface area (Å²) in [4.78, 5) is 15.9. The maximum atomic E-state index is 11.6. The van der Waals surface area contributed by atoms with Crippen molar-refractivity contribution in [3.63, 3.8) is 0 Å². The van der Waals surface area contributed by atoms with E-state index in [2.05, 4.69) is 26.9 Å². The highest BCUT2D eigenvalue weighted by atomic mass is 32.1. The van der Waals surface area contributed by atoms with Gasteiger partial charge < -0.3 is 10.6 Å². The quantitative estimate of drug-likeness (QED) is 0.812. The molecular formula is C11H20N4OS. The summed E-state index contributed by atoms with van der Waals surface area (Å²) < 4.78 is 4.24. The summed E-state index contributed by atoms with van der Waals surface area (Å²) in [5, 5.41) is 6.60. The van der Waals surface area contributed by atoms with Gasteiger partial charge in [-0.3, -0.25) is 4.79 Å². The first-order chi connectivity index (χ1) is 7.99. The van der Waals surface area contributed by atoms with Crippen LogP contribution in [0.4, 0.5) is 5.13 Å². The number of aromatic nitrogens is 2. The number of nitrogens with zero attached hydrogens (tertiary/aromatic N) is 2. The van der Waals surface area contributed by atoms with Gasteiger partial charge in [0.2, 0.25) is 11.0 Å². The molecule has 0 radical (unpaired) electrons. The number of hydrogen-bond donors (Lipinski definition) is 2. The summed E-state index contributed by atoms with van der Waals surface area (Å²) in [5.41, 5.74) is -0.453. The fourth-order valence-electron chi connectivity index (χ4n) is 1.37. The minimum Gasteiger partial charge on any atom is -0.359 e. The van der Waals surface area contributed by atoms with E-state index in [0.717, 1.165) is 23.8 Å². The Kier molecular flexibility index (Phi) is 4.86. The van der Waals surface area contributed by atoms with Gasteiger partial charge in [-0.05, 0) is 20.3 Å². The lowest BCUT2D eigenvalue weighted by atomic mass is 9.92. The Labute approximate surface area is 106 Å². The normalized spacial score (nSPS) is 11.3. The molecule has 96 valence electrons. The zero-order valence-electron chi connectivity index (χ0n) is 10.8. The van der Waals surface area contributed by atoms with Crippen molar-refractivity contribution in [2.45, 2.75) is 33.6 Å². The van der Waals surface area contributed by atoms with E-state index in [1.165, 1.54) is 11.5 Å². The SMILES string of the molecule is CCCc1nsc(NCC(C)(C)C(=O)NC)n1. The summed E-state index contributed by atoms with van der Waals surface area (Å²) in [7, 11) is 1.65. The van der Waals surface area contributed by atoms with Crippen molar-refractivity contribution in [3.05, 3.63) is 5.82 Å². The Morgan fingerprint density at radius 3 is 2.76 bits per heavy atom. The van der Waals surface area contributed by atoms with Crippen LogP contribution in [0.15, 0.2) is 0 Å². The molecule has 17 heavy (non-hydrogen) atoms. The van der Waals surface area contributed by atoms with Gasteiger partial charge in [0.05, 0.1) is 5.41 Å². The van der Waals surface area contributed by atoms with Crippen molar-refractivity contribution in [2.75, 3.05) is 18.9 Å². The van der Waals surface area contributed by atoms with Crippen LogP contribution in [0, 0.1) is 5.41 Å². The van der Waals surface area contributed by atoms with Crippen LogP contribution in [-0.4, -0.2) is 28.9 Å². The molecule has 1 heterocycles. The van der Waals surface area contributed by atoms with Gasteiger partial charge in [-0.25, -0.2) is 4.98 Å². The average Bonchev–Trinajstić information content (AvgIpc) is 2.74. The van der Waals surface area contributed by atoms with E-state index >= 15 is 0 Å². The van der Waals surface area contributed by atoms with Crippen molar-refractivity contribution in [1.82, 2.24) is 14.7 Å². The Balaban J connectivity index is 2.51. The molecule has 6 heteroatoms. The molecule has 1 rings (SSSR count). The van der Waals surface area contributed by atoms with Crippen LogP contribution in [0.1, 0.15) is 33.0 Å². The Bertz CT molecular complexity index is 375. The van der Waals surface area contributed by atoms with E-state index in [9.17, 15) is 4.79 Å². The van der Waals surface area contributed by atoms with Gasteiger partial charge in [0.15, 0.2) is 0 Å². The standard InChI is InChI=1S/C11H20N4OS/c1-5-6-8-14-10(17-15-8)13-7-11(2,3)9(16)12-4/h5-7H2,1-4H3,(H,12,16)(H,13,14,15). The Morgan fingerprint density at radius 2 is 2.18 bits per heavy atom. The molecule has 0 bridgehead atoms. The van der Waals surface area contributed by atoms with Gasteiger partial charge in [-0.1, -0.05) is 6.92 Å². The van der Waals surface area contributed by atoms with Gasteiger partial charge in [0.1, 0.15) is 5.82 Å². The van der Waals surface area contributed by atoms with E-state index in [1.807, 2.05) is 13.8 Å². The second-order valence-corrected chi connectivity index (χ2v) is 5.33. The summed E-state index contributed by atoms with van der Waals surface area (Å²) in [5.74, 6) is 0.890. The van der Waals surface area contributed by atoms with Gasteiger partial charge in [-0.15, -0.1) is 0 Å². The molecular weight excluding hydrogens is 236 g/mol. The number of hydrogen-bond acceptors (Lipinski definition) is 5. The summed E-state index contributed by atoms with van der Waals surface area (Å²) in [6.07, 6.45) is 1.94. The molecule has 0 atom stereocenters. The second-order valence-electron chi connectivity index (χ2n) is 4.58. The first-order valence-electron chi connectivity index (χ1n) is 5.78. The lowest BCUT2D eigenvalue weighted by Gasteiger charge is -2.22. The largest absolute Gasteiger partial charge is 0.359 e. The van der Waals surface area contributed by atoms with E-state index < -0.39 is 5.41 Å². The minimum absolute atomic E-state index is 0.0169. The average molecular weight is 256 g/mol. The molecule has 1 amide bonds. The summed E-state index contributed by atoms with van der Waals surface area (Å²) in [6, 6.07) is 0. The van der Waals surface area contributed by atoms with Crippen LogP contribution in [-0.2, 0) is 11.2 Å². The number of rotatable bonds is 6. The smallest absolute Gasteiger partial charge is 0.227 e. The molecule has 0 saturated carbocycles. The van der Waals surface area contributed by atoms with Crippen molar-refractivity contribution < 1.29 is 4.79 Å². The molecule has 0 spiro atoms. The van der Waals surface area contributed by atoms with E-state index in [1.54, 1.807) is 7.05 Å². The molecule has 0 aliphatic heterocycles. The summed E-state index contributed by atoms with van der Waals surface area (Å²) in [6.45, 7) is 6.44. The van der Waals surface area contributed by atoms with Crippen LogP contribution in [0.3, 0.4) is 0 Å². The van der Waals surface area contributed by atoms with E-state index in [4.69, 9.17) is 0 Å². The van der Waals surface area contributed by atoms with Crippen molar-refractivity contribution in [1.29, 1.82) is 0 Å². The monoisotopic (exact) mass is 256 g/mol. The fraction of sp³-hybridized carbons (Fsp3) is 0.727. The Hall–Kier alpha value is -1.17. The lowest BCUT2D eigenvalue weighted by molar-refractivity contribution is -0.128. The van der Waals surface area contributed by atoms with Crippen LogP contribution < -0.4 is 10.6 Å². The molecule has 0 aromatic carbocycles. The molecule has 0 aliphatic rings. The maximum absolute atomic E-state index is 11.6. The highest BCUT2D eigenvalue weighted by molar-refractivity contribution is 7.09. The zero-order valence-corrected chi connectivity index (χ0v) is 11.6. The molecule has 2 N–H and O–H groups in total. The van der Waals surface area contributed by atoms with Crippen LogP contribution in [0.5, 0.6) is 0 Å². The summed E-state index contributed by atoms with van der Waals surface area (Å²) >= 11 is 1.35. The van der Waals surface area contributed by atoms with Crippen LogP contribution >= 0.6 is 11.5 Å². The van der Waals surface area contributed by atoms with Gasteiger partial charge in [0.25, 0.3) is 0 Å². The predicted octanol–water partition coefficient (Wildman–Crippen LogP) is 1.67. The number of aryl methyl sites for hydroxylation is 1. The first kappa shape index (κ1) is 13.9. The molecule has 5 nitrogen and oxygen atoms in total. The molecule has 1 aromatic heterocycles. The number of carbonyl (C=O) groups is 1. The highest BCUT2D eigenvalue weighted by Crippen LogP contribution is 2.18. The third-order valence-corrected chi connectivity index (χ3v) is 3.18. The molecule has 1 aromatic rings. The number of carbonyl (C=O) groups excluding carboxylic acids is 1. The van der Waals surface area contributed by atoms with Gasteiger partial charge >= 0.3 is 0 Å². The zero-order chi connectivity index (χ0) is 12.9. The van der Waals surface area contributed by atoms with E-state index in [0.29, 0.717) is 6.54 Å². The van der Waals surface area contributed by atoms with Crippen molar-refractivity contribution >= 4 is 22.6 Å². The topological polar surface area (TPSA) is 66.9 Å². The molecule has 0 aliphatic carbocycles. The molecule has 0 saturated heterocycles. The maximum Gasteiger partial charge on any atom is 0.227 e. The molecule has 0 unspecified atom stereocenters. The number of nitrogens with one attached hydrogen (secondary N) is 2. The third kappa shape index (κ3) is 3.96. The van der Waals surface area contributed by atoms with Crippen molar-refractivity contribution in [3.8, 4) is 0 Å². The van der Waals surface area contributed by atoms with Crippen molar-refractivity contribution in [2.24, 2.45) is 5.41 Å². The third-order valence-electron chi connectivity index (χ3n) is 2.46. The highest BCUT2D eigenvalue weighted by Gasteiger charge is 2.26. The Morgan fingerprint density at radius 1 is 1.47 bits per heavy atom. The molecule has 0 fully saturated rings. The lowest BCUT2D eigenvalue weighted by Crippen LogP contribution is -2.39. The van der Waals surface area contributed by atoms with Crippen LogP contribution in [0.25, 0.3) is 0 Å². The minimum atomic E-state index is -0.453. The predicted molar refractivity (Wildman–Crippen MR) is 70.2 cm³/mol. The number of anilines is 1. The second kappa shape index (κ2) is 5.95.